The van der Waals surface area contributed by atoms with Gasteiger partial charge < -0.3 is 9.26 Å². The minimum absolute atomic E-state index is 0.0571. The fourth-order valence-electron chi connectivity index (χ4n) is 3.60. The van der Waals surface area contributed by atoms with Crippen LogP contribution in [0.1, 0.15) is 16.2 Å². The lowest BCUT2D eigenvalue weighted by Gasteiger charge is -2.14. The summed E-state index contributed by atoms with van der Waals surface area (Å²) < 4.78 is 12.5. The zero-order valence-electron chi connectivity index (χ0n) is 17.3. The number of nitrogens with zero attached hydrogens (tertiary/aromatic N) is 4. The van der Waals surface area contributed by atoms with Crippen molar-refractivity contribution in [2.45, 2.75) is 6.54 Å². The average molecular weight is 460 g/mol. The highest BCUT2D eigenvalue weighted by molar-refractivity contribution is 7.13. The van der Waals surface area contributed by atoms with Crippen molar-refractivity contribution in [3.05, 3.63) is 98.3 Å². The van der Waals surface area contributed by atoms with Crippen molar-refractivity contribution in [1.82, 2.24) is 19.3 Å². The predicted octanol–water partition coefficient (Wildman–Crippen LogP) is 3.10. The minimum atomic E-state index is -0.658. The number of benzene rings is 2. The van der Waals surface area contributed by atoms with E-state index in [1.54, 1.807) is 36.4 Å². The summed E-state index contributed by atoms with van der Waals surface area (Å²) in [5.41, 5.74) is -0.559. The van der Waals surface area contributed by atoms with Crippen molar-refractivity contribution in [3.8, 4) is 16.4 Å². The summed E-state index contributed by atoms with van der Waals surface area (Å²) in [6.45, 7) is -0.0571. The second kappa shape index (κ2) is 8.32. The second-order valence-corrected chi connectivity index (χ2v) is 7.97. The van der Waals surface area contributed by atoms with Crippen LogP contribution < -0.4 is 11.2 Å². The number of hydrogen-bond donors (Lipinski definition) is 0. The van der Waals surface area contributed by atoms with E-state index in [1.807, 2.05) is 17.5 Å². The van der Waals surface area contributed by atoms with E-state index in [2.05, 4.69) is 10.1 Å². The first kappa shape index (κ1) is 20.6. The molecule has 0 radical (unpaired) electrons. The molecule has 5 rings (SSSR count). The normalized spacial score (nSPS) is 11.1. The highest BCUT2D eigenvalue weighted by Gasteiger charge is 2.21. The molecule has 3 aromatic heterocycles. The van der Waals surface area contributed by atoms with Crippen molar-refractivity contribution in [2.24, 2.45) is 0 Å². The van der Waals surface area contributed by atoms with E-state index < -0.39 is 17.2 Å². The molecule has 33 heavy (non-hydrogen) atoms. The Bertz CT molecular complexity index is 1600. The number of para-hydroxylation sites is 2. The summed E-state index contributed by atoms with van der Waals surface area (Å²) in [5, 5.41) is 6.19. The van der Waals surface area contributed by atoms with Gasteiger partial charge in [-0.2, -0.15) is 4.98 Å². The van der Waals surface area contributed by atoms with Gasteiger partial charge in [0.25, 0.3) is 5.56 Å². The van der Waals surface area contributed by atoms with E-state index in [4.69, 9.17) is 9.26 Å². The van der Waals surface area contributed by atoms with Crippen LogP contribution >= 0.6 is 11.3 Å². The SMILES string of the molecule is COC(=O)c1ccccc1-n1c(=O)c2ccccc2n(Cc2nc(-c3cccs3)no2)c1=O. The van der Waals surface area contributed by atoms with Gasteiger partial charge in [0.05, 0.1) is 34.1 Å². The van der Waals surface area contributed by atoms with Gasteiger partial charge >= 0.3 is 11.7 Å². The smallest absolute Gasteiger partial charge is 0.339 e. The van der Waals surface area contributed by atoms with Crippen LogP contribution in [-0.2, 0) is 11.3 Å². The topological polar surface area (TPSA) is 109 Å². The molecule has 0 N–H and O–H groups in total. The third-order valence-corrected chi connectivity index (χ3v) is 5.97. The Morgan fingerprint density at radius 2 is 1.85 bits per heavy atom. The zero-order chi connectivity index (χ0) is 22.9. The Morgan fingerprint density at radius 1 is 1.06 bits per heavy atom. The monoisotopic (exact) mass is 460 g/mol. The van der Waals surface area contributed by atoms with Crippen molar-refractivity contribution in [2.75, 3.05) is 7.11 Å². The number of fused-ring (bicyclic) bond motifs is 1. The maximum absolute atomic E-state index is 13.6. The Hall–Kier alpha value is -4.31. The fraction of sp³-hybridized carbons (Fsp3) is 0.0870. The quantitative estimate of drug-likeness (QED) is 0.371. The molecule has 0 unspecified atom stereocenters. The van der Waals surface area contributed by atoms with Crippen LogP contribution in [0.5, 0.6) is 0 Å². The van der Waals surface area contributed by atoms with E-state index in [0.29, 0.717) is 16.7 Å². The third kappa shape index (κ3) is 3.56. The van der Waals surface area contributed by atoms with Gasteiger partial charge in [0.15, 0.2) is 0 Å². The van der Waals surface area contributed by atoms with Gasteiger partial charge in [-0.15, -0.1) is 11.3 Å². The van der Waals surface area contributed by atoms with Gasteiger partial charge in [-0.25, -0.2) is 14.2 Å². The first-order valence-corrected chi connectivity index (χ1v) is 10.7. The molecule has 3 heterocycles. The molecule has 0 aliphatic rings. The molecule has 0 fully saturated rings. The minimum Gasteiger partial charge on any atom is -0.465 e. The molecule has 5 aromatic rings. The van der Waals surface area contributed by atoms with Gasteiger partial charge in [0.1, 0.15) is 6.54 Å². The number of carbonyl (C=O) groups is 1. The summed E-state index contributed by atoms with van der Waals surface area (Å²) in [5.74, 6) is -0.0343. The molecule has 0 aliphatic carbocycles. The Morgan fingerprint density at radius 3 is 2.64 bits per heavy atom. The van der Waals surface area contributed by atoms with Gasteiger partial charge in [0.2, 0.25) is 11.7 Å². The summed E-state index contributed by atoms with van der Waals surface area (Å²) in [7, 11) is 1.24. The van der Waals surface area contributed by atoms with E-state index in [-0.39, 0.29) is 23.7 Å². The molecule has 0 bridgehead atoms. The number of aromatic nitrogens is 4. The van der Waals surface area contributed by atoms with E-state index in [0.717, 1.165) is 9.44 Å². The number of thiophene rings is 1. The summed E-state index contributed by atoms with van der Waals surface area (Å²) in [4.78, 5) is 44.4. The molecule has 164 valence electrons. The third-order valence-electron chi connectivity index (χ3n) is 5.10. The van der Waals surface area contributed by atoms with Crippen LogP contribution in [0.2, 0.25) is 0 Å². The van der Waals surface area contributed by atoms with Gasteiger partial charge in [-0.1, -0.05) is 35.5 Å². The lowest BCUT2D eigenvalue weighted by molar-refractivity contribution is 0.0600. The van der Waals surface area contributed by atoms with Crippen molar-refractivity contribution in [1.29, 1.82) is 0 Å². The van der Waals surface area contributed by atoms with Crippen molar-refractivity contribution >= 4 is 28.2 Å². The predicted molar refractivity (Wildman–Crippen MR) is 122 cm³/mol. The van der Waals surface area contributed by atoms with E-state index in [1.165, 1.54) is 35.1 Å². The highest BCUT2D eigenvalue weighted by atomic mass is 32.1. The Balaban J connectivity index is 1.72. The molecule has 0 saturated heterocycles. The molecule has 0 spiro atoms. The van der Waals surface area contributed by atoms with Crippen LogP contribution in [0.3, 0.4) is 0 Å². The van der Waals surface area contributed by atoms with Gasteiger partial charge in [0, 0.05) is 0 Å². The molecular weight excluding hydrogens is 444 g/mol. The molecule has 0 amide bonds. The molecule has 9 nitrogen and oxygen atoms in total. The zero-order valence-corrected chi connectivity index (χ0v) is 18.1. The number of rotatable bonds is 5. The lowest BCUT2D eigenvalue weighted by atomic mass is 10.1. The summed E-state index contributed by atoms with van der Waals surface area (Å²) >= 11 is 1.47. The van der Waals surface area contributed by atoms with Crippen LogP contribution in [0, 0.1) is 0 Å². The molecule has 2 aromatic carbocycles. The molecule has 10 heteroatoms. The lowest BCUT2D eigenvalue weighted by Crippen LogP contribution is -2.40. The number of methoxy groups -OCH3 is 1. The number of carbonyl (C=O) groups excluding carboxylic acids is 1. The van der Waals surface area contributed by atoms with Gasteiger partial charge in [-0.05, 0) is 35.7 Å². The van der Waals surface area contributed by atoms with Crippen molar-refractivity contribution < 1.29 is 14.1 Å². The molecule has 0 atom stereocenters. The standard InChI is InChI=1S/C23H16N4O5S/c1-31-22(29)15-8-3-5-10-17(15)27-21(28)14-7-2-4-9-16(14)26(23(27)30)13-19-24-20(25-32-19)18-11-6-12-33-18/h2-12H,13H2,1H3. The Labute approximate surface area is 190 Å². The van der Waals surface area contributed by atoms with Crippen LogP contribution in [0.25, 0.3) is 27.3 Å². The largest absolute Gasteiger partial charge is 0.465 e. The Kier molecular flexibility index (Phi) is 5.19. The van der Waals surface area contributed by atoms with Crippen LogP contribution in [0.4, 0.5) is 0 Å². The van der Waals surface area contributed by atoms with Crippen LogP contribution in [-0.4, -0.2) is 32.4 Å². The van der Waals surface area contributed by atoms with Gasteiger partial charge in [-0.3, -0.25) is 9.36 Å². The van der Waals surface area contributed by atoms with Crippen LogP contribution in [0.15, 0.2) is 80.2 Å². The molecule has 0 saturated carbocycles. The number of ether oxygens (including phenoxy) is 1. The molecular formula is C23H16N4O5S. The fourth-order valence-corrected chi connectivity index (χ4v) is 4.25. The second-order valence-electron chi connectivity index (χ2n) is 7.02. The summed E-state index contributed by atoms with van der Waals surface area (Å²) in [6, 6.07) is 16.8. The maximum Gasteiger partial charge on any atom is 0.339 e. The summed E-state index contributed by atoms with van der Waals surface area (Å²) in [6.07, 6.45) is 0. The first-order chi connectivity index (χ1) is 16.1. The number of hydrogen-bond acceptors (Lipinski definition) is 8. The first-order valence-electron chi connectivity index (χ1n) is 9.87. The van der Waals surface area contributed by atoms with E-state index in [9.17, 15) is 14.4 Å². The number of esters is 1. The molecule has 0 aliphatic heterocycles. The van der Waals surface area contributed by atoms with E-state index >= 15 is 0 Å². The maximum atomic E-state index is 13.6. The van der Waals surface area contributed by atoms with Crippen molar-refractivity contribution in [3.63, 3.8) is 0 Å². The highest BCUT2D eigenvalue weighted by Crippen LogP contribution is 2.22. The average Bonchev–Trinajstić information content (AvgIpc) is 3.54.